The predicted octanol–water partition coefficient (Wildman–Crippen LogP) is 3.97. The second-order valence-corrected chi connectivity index (χ2v) is 6.16. The van der Waals surface area contributed by atoms with Crippen LogP contribution in [0.1, 0.15) is 43.2 Å². The molecule has 0 spiro atoms. The molecular formula is C16H19ClO2. The Labute approximate surface area is 119 Å². The number of hydrogen-bond donors (Lipinski definition) is 0. The lowest BCUT2D eigenvalue weighted by atomic mass is 9.96. The fourth-order valence-corrected chi connectivity index (χ4v) is 3.56. The maximum absolute atomic E-state index is 12.2. The Balaban J connectivity index is 1.70. The summed E-state index contributed by atoms with van der Waals surface area (Å²) >= 11 is 6.12. The van der Waals surface area contributed by atoms with Gasteiger partial charge in [0.15, 0.2) is 0 Å². The number of carbonyl (C=O) groups excluding carboxylic acids is 1. The van der Waals surface area contributed by atoms with Crippen LogP contribution in [0.3, 0.4) is 0 Å². The molecule has 0 saturated heterocycles. The number of Topliss-reactive ketones (excluding diaryl/α,β-unsaturated/α-hetero) is 1. The number of hydrogen-bond acceptors (Lipinski definition) is 2. The average Bonchev–Trinajstić information content (AvgIpc) is 2.99. The molecule has 0 bridgehead atoms. The van der Waals surface area contributed by atoms with Gasteiger partial charge in [0.1, 0.15) is 11.5 Å². The Hall–Kier alpha value is -1.02. The maximum atomic E-state index is 12.2. The molecule has 0 atom stereocenters. The van der Waals surface area contributed by atoms with Crippen LogP contribution in [0.4, 0.5) is 0 Å². The quantitative estimate of drug-likeness (QED) is 0.833. The molecule has 0 N–H and O–H groups in total. The summed E-state index contributed by atoms with van der Waals surface area (Å²) in [6, 6.07) is 3.84. The lowest BCUT2D eigenvalue weighted by Gasteiger charge is -2.11. The van der Waals surface area contributed by atoms with Crippen molar-refractivity contribution in [1.29, 1.82) is 0 Å². The van der Waals surface area contributed by atoms with Gasteiger partial charge in [0.05, 0.1) is 6.61 Å². The van der Waals surface area contributed by atoms with Gasteiger partial charge in [0, 0.05) is 29.8 Å². The van der Waals surface area contributed by atoms with Gasteiger partial charge in [-0.15, -0.1) is 0 Å². The van der Waals surface area contributed by atoms with E-state index < -0.39 is 0 Å². The Morgan fingerprint density at radius 3 is 2.89 bits per heavy atom. The highest BCUT2D eigenvalue weighted by Crippen LogP contribution is 2.34. The zero-order valence-corrected chi connectivity index (χ0v) is 11.8. The summed E-state index contributed by atoms with van der Waals surface area (Å²) in [7, 11) is 0. The van der Waals surface area contributed by atoms with Gasteiger partial charge in [-0.25, -0.2) is 0 Å². The minimum Gasteiger partial charge on any atom is -0.493 e. The van der Waals surface area contributed by atoms with Crippen molar-refractivity contribution in [3.8, 4) is 5.75 Å². The van der Waals surface area contributed by atoms with E-state index >= 15 is 0 Å². The standard InChI is InChI=1S/C16H19ClO2/c17-14-8-12-5-6-19-16(12)13(9-14)10-15(18)7-11-3-1-2-4-11/h8-9,11H,1-7,10H2. The lowest BCUT2D eigenvalue weighted by Crippen LogP contribution is -2.09. The van der Waals surface area contributed by atoms with Crippen molar-refractivity contribution in [2.45, 2.75) is 44.9 Å². The largest absolute Gasteiger partial charge is 0.493 e. The molecule has 1 saturated carbocycles. The van der Waals surface area contributed by atoms with Crippen molar-refractivity contribution in [2.75, 3.05) is 6.61 Å². The predicted molar refractivity (Wildman–Crippen MR) is 75.9 cm³/mol. The van der Waals surface area contributed by atoms with E-state index in [-0.39, 0.29) is 0 Å². The fraction of sp³-hybridized carbons (Fsp3) is 0.562. The number of ether oxygens (including phenoxy) is 1. The zero-order valence-electron chi connectivity index (χ0n) is 11.1. The van der Waals surface area contributed by atoms with Crippen LogP contribution >= 0.6 is 11.6 Å². The molecule has 1 aliphatic heterocycles. The molecule has 2 nitrogen and oxygen atoms in total. The molecule has 102 valence electrons. The second-order valence-electron chi connectivity index (χ2n) is 5.72. The Kier molecular flexibility index (Phi) is 3.79. The smallest absolute Gasteiger partial charge is 0.137 e. The van der Waals surface area contributed by atoms with Gasteiger partial charge < -0.3 is 4.74 Å². The minimum atomic E-state index is 0.326. The second kappa shape index (κ2) is 5.54. The average molecular weight is 279 g/mol. The first-order valence-corrected chi connectivity index (χ1v) is 7.56. The van der Waals surface area contributed by atoms with Crippen molar-refractivity contribution in [3.63, 3.8) is 0 Å². The van der Waals surface area contributed by atoms with E-state index in [2.05, 4.69) is 0 Å². The lowest BCUT2D eigenvalue weighted by molar-refractivity contribution is -0.119. The van der Waals surface area contributed by atoms with Crippen molar-refractivity contribution in [1.82, 2.24) is 0 Å². The summed E-state index contributed by atoms with van der Waals surface area (Å²) in [5.41, 5.74) is 2.12. The van der Waals surface area contributed by atoms with E-state index in [0.29, 0.717) is 29.8 Å². The molecule has 0 unspecified atom stereocenters. The molecule has 1 fully saturated rings. The van der Waals surface area contributed by atoms with Crippen LogP contribution < -0.4 is 4.74 Å². The van der Waals surface area contributed by atoms with Crippen LogP contribution in [0.5, 0.6) is 5.75 Å². The van der Waals surface area contributed by atoms with Crippen molar-refractivity contribution < 1.29 is 9.53 Å². The molecule has 1 aliphatic carbocycles. The van der Waals surface area contributed by atoms with Gasteiger partial charge in [0.2, 0.25) is 0 Å². The summed E-state index contributed by atoms with van der Waals surface area (Å²) in [6.07, 6.45) is 7.10. The van der Waals surface area contributed by atoms with Crippen LogP contribution in [0.15, 0.2) is 12.1 Å². The summed E-state index contributed by atoms with van der Waals surface area (Å²) in [5.74, 6) is 1.84. The molecule has 3 heteroatoms. The monoisotopic (exact) mass is 278 g/mol. The van der Waals surface area contributed by atoms with Gasteiger partial charge in [-0.05, 0) is 23.6 Å². The third-order valence-electron chi connectivity index (χ3n) is 4.20. The summed E-state index contributed by atoms with van der Waals surface area (Å²) < 4.78 is 5.64. The molecule has 19 heavy (non-hydrogen) atoms. The molecule has 0 amide bonds. The normalized spacial score (nSPS) is 18.4. The number of halogens is 1. The van der Waals surface area contributed by atoms with Crippen LogP contribution in [-0.4, -0.2) is 12.4 Å². The van der Waals surface area contributed by atoms with Gasteiger partial charge >= 0.3 is 0 Å². The van der Waals surface area contributed by atoms with E-state index in [1.807, 2.05) is 12.1 Å². The minimum absolute atomic E-state index is 0.326. The van der Waals surface area contributed by atoms with E-state index in [0.717, 1.165) is 29.7 Å². The topological polar surface area (TPSA) is 26.3 Å². The van der Waals surface area contributed by atoms with Crippen molar-refractivity contribution >= 4 is 17.4 Å². The highest BCUT2D eigenvalue weighted by atomic mass is 35.5. The van der Waals surface area contributed by atoms with E-state index in [4.69, 9.17) is 16.3 Å². The van der Waals surface area contributed by atoms with E-state index in [9.17, 15) is 4.79 Å². The Morgan fingerprint density at radius 1 is 1.32 bits per heavy atom. The third kappa shape index (κ3) is 2.94. The summed E-state index contributed by atoms with van der Waals surface area (Å²) in [6.45, 7) is 0.708. The highest BCUT2D eigenvalue weighted by Gasteiger charge is 2.22. The number of rotatable bonds is 4. The molecule has 0 aromatic heterocycles. The summed E-state index contributed by atoms with van der Waals surface area (Å²) in [4.78, 5) is 12.2. The Morgan fingerprint density at radius 2 is 2.11 bits per heavy atom. The van der Waals surface area contributed by atoms with E-state index in [1.54, 1.807) is 0 Å². The van der Waals surface area contributed by atoms with Crippen LogP contribution in [-0.2, 0) is 17.6 Å². The molecule has 1 aromatic carbocycles. The van der Waals surface area contributed by atoms with Gasteiger partial charge in [-0.3, -0.25) is 4.79 Å². The molecule has 0 radical (unpaired) electrons. The maximum Gasteiger partial charge on any atom is 0.137 e. The summed E-state index contributed by atoms with van der Waals surface area (Å²) in [5, 5.41) is 0.716. The molecule has 1 heterocycles. The Bertz CT molecular complexity index is 490. The molecular weight excluding hydrogens is 260 g/mol. The number of benzene rings is 1. The first-order chi connectivity index (χ1) is 9.22. The van der Waals surface area contributed by atoms with Crippen LogP contribution in [0.25, 0.3) is 0 Å². The highest BCUT2D eigenvalue weighted by molar-refractivity contribution is 6.30. The molecule has 1 aromatic rings. The molecule has 2 aliphatic rings. The number of fused-ring (bicyclic) bond motifs is 1. The van der Waals surface area contributed by atoms with Gasteiger partial charge in [0.25, 0.3) is 0 Å². The SMILES string of the molecule is O=C(Cc1cc(Cl)cc2c1OCC2)CC1CCCC1. The fourth-order valence-electron chi connectivity index (χ4n) is 3.30. The number of carbonyl (C=O) groups is 1. The third-order valence-corrected chi connectivity index (χ3v) is 4.42. The number of ketones is 1. The van der Waals surface area contributed by atoms with Crippen molar-refractivity contribution in [2.24, 2.45) is 5.92 Å². The van der Waals surface area contributed by atoms with E-state index in [1.165, 1.54) is 25.7 Å². The molecule has 3 rings (SSSR count). The zero-order chi connectivity index (χ0) is 13.2. The first kappa shape index (κ1) is 13.0. The van der Waals surface area contributed by atoms with Crippen LogP contribution in [0, 0.1) is 5.92 Å². The van der Waals surface area contributed by atoms with Gasteiger partial charge in [-0.1, -0.05) is 37.3 Å². The van der Waals surface area contributed by atoms with Crippen LogP contribution in [0.2, 0.25) is 5.02 Å². The van der Waals surface area contributed by atoms with Gasteiger partial charge in [-0.2, -0.15) is 0 Å². The van der Waals surface area contributed by atoms with Crippen molar-refractivity contribution in [3.05, 3.63) is 28.3 Å². The first-order valence-electron chi connectivity index (χ1n) is 7.18.